The van der Waals surface area contributed by atoms with E-state index in [0.717, 1.165) is 0 Å². The zero-order valence-corrected chi connectivity index (χ0v) is 9.16. The van der Waals surface area contributed by atoms with E-state index in [4.69, 9.17) is 5.73 Å². The summed E-state index contributed by atoms with van der Waals surface area (Å²) >= 11 is 0. The van der Waals surface area contributed by atoms with Crippen LogP contribution in [0.2, 0.25) is 0 Å². The Balaban J connectivity index is 0. The number of hydrogen-bond donors (Lipinski definition) is 1. The molecule has 0 spiro atoms. The van der Waals surface area contributed by atoms with Crippen LogP contribution in [0.25, 0.3) is 0 Å². The highest BCUT2D eigenvalue weighted by molar-refractivity contribution is 5.85. The van der Waals surface area contributed by atoms with Gasteiger partial charge in [0.1, 0.15) is 0 Å². The molecule has 92 valence electrons. The molecule has 0 bridgehead atoms. The van der Waals surface area contributed by atoms with Gasteiger partial charge in [0.05, 0.1) is 18.9 Å². The first-order valence-corrected chi connectivity index (χ1v) is 4.34. The van der Waals surface area contributed by atoms with Crippen molar-refractivity contribution in [2.24, 2.45) is 11.7 Å². The van der Waals surface area contributed by atoms with E-state index in [1.165, 1.54) is 0 Å². The summed E-state index contributed by atoms with van der Waals surface area (Å²) in [5, 5.41) is 0. The third-order valence-electron chi connectivity index (χ3n) is 1.70. The molecule has 0 amide bonds. The Bertz CT molecular complexity index is 187. The average molecular weight is 250 g/mol. The predicted octanol–water partition coefficient (Wildman–Crippen LogP) is 1.89. The van der Waals surface area contributed by atoms with Crippen LogP contribution in [0, 0.1) is 5.92 Å². The second-order valence-corrected chi connectivity index (χ2v) is 2.83. The van der Waals surface area contributed by atoms with Gasteiger partial charge in [0.15, 0.2) is 0 Å². The van der Waals surface area contributed by atoms with E-state index in [1.54, 1.807) is 6.92 Å². The molecular weight excluding hydrogens is 235 g/mol. The van der Waals surface area contributed by atoms with Gasteiger partial charge in [-0.2, -0.15) is 13.2 Å². The van der Waals surface area contributed by atoms with Crippen LogP contribution >= 0.6 is 12.4 Å². The van der Waals surface area contributed by atoms with Crippen molar-refractivity contribution in [2.45, 2.75) is 25.9 Å². The van der Waals surface area contributed by atoms with Crippen LogP contribution in [-0.2, 0) is 9.53 Å². The minimum Gasteiger partial charge on any atom is -0.466 e. The highest BCUT2D eigenvalue weighted by atomic mass is 35.5. The van der Waals surface area contributed by atoms with Crippen LogP contribution in [0.15, 0.2) is 0 Å². The molecule has 0 aromatic carbocycles. The van der Waals surface area contributed by atoms with Gasteiger partial charge in [-0.3, -0.25) is 4.79 Å². The summed E-state index contributed by atoms with van der Waals surface area (Å²) in [6.07, 6.45) is -5.27. The average Bonchev–Trinajstić information content (AvgIpc) is 2.02. The van der Waals surface area contributed by atoms with Crippen molar-refractivity contribution in [3.63, 3.8) is 0 Å². The van der Waals surface area contributed by atoms with E-state index in [-0.39, 0.29) is 32.0 Å². The summed E-state index contributed by atoms with van der Waals surface area (Å²) in [6.45, 7) is 1.54. The lowest BCUT2D eigenvalue weighted by molar-refractivity contribution is -0.185. The number of alkyl halides is 3. The molecule has 0 aliphatic carbocycles. The second-order valence-electron chi connectivity index (χ2n) is 2.83. The standard InChI is InChI=1S/C8H14F3NO2.ClH/c1-2-14-7(13)5-6(3-4-12)8(9,10)11;/h6H,2-5,12H2,1H3;1H. The Hall–Kier alpha value is -0.490. The fourth-order valence-corrected chi connectivity index (χ4v) is 1.00. The molecule has 3 nitrogen and oxygen atoms in total. The van der Waals surface area contributed by atoms with Crippen molar-refractivity contribution in [1.82, 2.24) is 0 Å². The van der Waals surface area contributed by atoms with Gasteiger partial charge in [-0.25, -0.2) is 0 Å². The zero-order chi connectivity index (χ0) is 11.2. The number of carbonyl (C=O) groups excluding carboxylic acids is 1. The quantitative estimate of drug-likeness (QED) is 0.757. The van der Waals surface area contributed by atoms with Crippen LogP contribution in [-0.4, -0.2) is 25.3 Å². The molecule has 0 saturated carbocycles. The molecule has 1 atom stereocenters. The minimum atomic E-state index is -4.38. The molecule has 0 aliphatic rings. The van der Waals surface area contributed by atoms with Crippen molar-refractivity contribution < 1.29 is 22.7 Å². The van der Waals surface area contributed by atoms with Gasteiger partial charge in [-0.05, 0) is 19.9 Å². The largest absolute Gasteiger partial charge is 0.466 e. The van der Waals surface area contributed by atoms with Gasteiger partial charge in [-0.1, -0.05) is 0 Å². The summed E-state index contributed by atoms with van der Waals surface area (Å²) in [4.78, 5) is 10.8. The van der Waals surface area contributed by atoms with Crippen LogP contribution in [0.5, 0.6) is 0 Å². The number of ether oxygens (including phenoxy) is 1. The first-order valence-electron chi connectivity index (χ1n) is 4.34. The third-order valence-corrected chi connectivity index (χ3v) is 1.70. The maximum Gasteiger partial charge on any atom is 0.392 e. The van der Waals surface area contributed by atoms with E-state index in [0.29, 0.717) is 0 Å². The van der Waals surface area contributed by atoms with Crippen LogP contribution in [0.1, 0.15) is 19.8 Å². The van der Waals surface area contributed by atoms with Crippen molar-refractivity contribution in [2.75, 3.05) is 13.2 Å². The van der Waals surface area contributed by atoms with Gasteiger partial charge < -0.3 is 10.5 Å². The molecule has 0 rings (SSSR count). The number of nitrogens with two attached hydrogens (primary N) is 1. The first kappa shape index (κ1) is 16.9. The van der Waals surface area contributed by atoms with Crippen LogP contribution < -0.4 is 5.73 Å². The summed E-state index contributed by atoms with van der Waals surface area (Å²) < 4.78 is 41.2. The van der Waals surface area contributed by atoms with Crippen molar-refractivity contribution in [3.05, 3.63) is 0 Å². The molecule has 15 heavy (non-hydrogen) atoms. The van der Waals surface area contributed by atoms with Gasteiger partial charge in [0.2, 0.25) is 0 Å². The number of esters is 1. The number of hydrogen-bond acceptors (Lipinski definition) is 3. The lowest BCUT2D eigenvalue weighted by Crippen LogP contribution is -2.28. The Morgan fingerprint density at radius 1 is 1.47 bits per heavy atom. The molecule has 0 aromatic heterocycles. The molecule has 2 N–H and O–H groups in total. The van der Waals surface area contributed by atoms with Gasteiger partial charge in [0.25, 0.3) is 0 Å². The lowest BCUT2D eigenvalue weighted by Gasteiger charge is -2.18. The fourth-order valence-electron chi connectivity index (χ4n) is 1.00. The maximum absolute atomic E-state index is 12.2. The van der Waals surface area contributed by atoms with Gasteiger partial charge in [-0.15, -0.1) is 12.4 Å². The normalized spacial score (nSPS) is 12.9. The lowest BCUT2D eigenvalue weighted by atomic mass is 10.0. The zero-order valence-electron chi connectivity index (χ0n) is 8.34. The molecule has 0 saturated heterocycles. The third kappa shape index (κ3) is 7.44. The summed E-state index contributed by atoms with van der Waals surface area (Å²) in [5.74, 6) is -2.52. The van der Waals surface area contributed by atoms with E-state index < -0.39 is 24.5 Å². The number of rotatable bonds is 5. The Kier molecular flexibility index (Phi) is 8.75. The predicted molar refractivity (Wildman–Crippen MR) is 51.7 cm³/mol. The van der Waals surface area contributed by atoms with Gasteiger partial charge >= 0.3 is 12.1 Å². The molecule has 0 radical (unpaired) electrons. The molecule has 0 aromatic rings. The maximum atomic E-state index is 12.2. The highest BCUT2D eigenvalue weighted by Crippen LogP contribution is 2.31. The van der Waals surface area contributed by atoms with E-state index in [2.05, 4.69) is 4.74 Å². The van der Waals surface area contributed by atoms with Crippen LogP contribution in [0.3, 0.4) is 0 Å². The summed E-state index contributed by atoms with van der Waals surface area (Å²) in [6, 6.07) is 0. The number of carbonyl (C=O) groups is 1. The molecular formula is C8H15ClF3NO2. The summed E-state index contributed by atoms with van der Waals surface area (Å²) in [5.41, 5.74) is 5.02. The van der Waals surface area contributed by atoms with E-state index >= 15 is 0 Å². The smallest absolute Gasteiger partial charge is 0.392 e. The van der Waals surface area contributed by atoms with Crippen molar-refractivity contribution in [3.8, 4) is 0 Å². The van der Waals surface area contributed by atoms with Gasteiger partial charge in [0, 0.05) is 0 Å². The van der Waals surface area contributed by atoms with E-state index in [1.807, 2.05) is 0 Å². The minimum absolute atomic E-state index is 0. The van der Waals surface area contributed by atoms with E-state index in [9.17, 15) is 18.0 Å². The molecule has 0 heterocycles. The monoisotopic (exact) mass is 249 g/mol. The second kappa shape index (κ2) is 7.76. The SMILES string of the molecule is CCOC(=O)CC(CCN)C(F)(F)F.Cl. The van der Waals surface area contributed by atoms with Crippen molar-refractivity contribution in [1.29, 1.82) is 0 Å². The Labute approximate surface area is 92.6 Å². The molecule has 7 heteroatoms. The fraction of sp³-hybridized carbons (Fsp3) is 0.875. The first-order chi connectivity index (χ1) is 6.41. The molecule has 0 aliphatic heterocycles. The number of halogens is 4. The molecule has 1 unspecified atom stereocenters. The van der Waals surface area contributed by atoms with Crippen LogP contribution in [0.4, 0.5) is 13.2 Å². The molecule has 0 fully saturated rings. The summed E-state index contributed by atoms with van der Waals surface area (Å²) in [7, 11) is 0. The Morgan fingerprint density at radius 2 is 2.00 bits per heavy atom. The highest BCUT2D eigenvalue weighted by Gasteiger charge is 2.40. The Morgan fingerprint density at radius 3 is 2.33 bits per heavy atom. The van der Waals surface area contributed by atoms with Crippen molar-refractivity contribution >= 4 is 18.4 Å². The topological polar surface area (TPSA) is 52.3 Å².